The molecule has 0 aliphatic heterocycles. The highest BCUT2D eigenvalue weighted by molar-refractivity contribution is 5.92. The Labute approximate surface area is 115 Å². The van der Waals surface area contributed by atoms with Crippen molar-refractivity contribution < 1.29 is 9.18 Å². The summed E-state index contributed by atoms with van der Waals surface area (Å²) in [6, 6.07) is 7.38. The molecule has 2 aromatic rings. The summed E-state index contributed by atoms with van der Waals surface area (Å²) in [5.74, 6) is -1.08. The summed E-state index contributed by atoms with van der Waals surface area (Å²) in [6.07, 6.45) is 0. The Morgan fingerprint density at radius 2 is 1.85 bits per heavy atom. The quantitative estimate of drug-likeness (QED) is 0.926. The number of halogens is 1. The molecule has 4 nitrogen and oxygen atoms in total. The van der Waals surface area contributed by atoms with Gasteiger partial charge in [0.2, 0.25) is 0 Å². The van der Waals surface area contributed by atoms with E-state index >= 15 is 0 Å². The maximum atomic E-state index is 12.9. The van der Waals surface area contributed by atoms with Crippen molar-refractivity contribution >= 4 is 5.91 Å². The lowest BCUT2D eigenvalue weighted by Crippen LogP contribution is -2.31. The van der Waals surface area contributed by atoms with Crippen LogP contribution in [0.4, 0.5) is 4.39 Å². The topological polar surface area (TPSA) is 65.1 Å². The predicted octanol–water partition coefficient (Wildman–Crippen LogP) is 1.75. The monoisotopic (exact) mass is 274 g/mol. The lowest BCUT2D eigenvalue weighted by Gasteiger charge is -2.14. The number of primary amides is 1. The molecule has 1 amide bonds. The number of amides is 1. The second kappa shape index (κ2) is 5.28. The minimum absolute atomic E-state index is 0.0322. The van der Waals surface area contributed by atoms with Crippen LogP contribution in [0.1, 0.15) is 27.2 Å². The van der Waals surface area contributed by atoms with Crippen LogP contribution in [0.25, 0.3) is 0 Å². The van der Waals surface area contributed by atoms with Gasteiger partial charge in [0.05, 0.1) is 6.54 Å². The van der Waals surface area contributed by atoms with Crippen molar-refractivity contribution in [3.63, 3.8) is 0 Å². The predicted molar refractivity (Wildman–Crippen MR) is 74.2 cm³/mol. The van der Waals surface area contributed by atoms with Crippen molar-refractivity contribution in [2.75, 3.05) is 0 Å². The van der Waals surface area contributed by atoms with Gasteiger partial charge in [-0.05, 0) is 43.2 Å². The summed E-state index contributed by atoms with van der Waals surface area (Å²) in [5.41, 5.74) is 7.09. The van der Waals surface area contributed by atoms with Gasteiger partial charge in [0.25, 0.3) is 11.5 Å². The molecule has 0 saturated heterocycles. The van der Waals surface area contributed by atoms with Gasteiger partial charge in [-0.25, -0.2) is 4.39 Å². The van der Waals surface area contributed by atoms with Crippen LogP contribution in [0.5, 0.6) is 0 Å². The third kappa shape index (κ3) is 2.61. The summed E-state index contributed by atoms with van der Waals surface area (Å²) in [5, 5.41) is 0. The molecule has 0 atom stereocenters. The molecule has 0 spiro atoms. The summed E-state index contributed by atoms with van der Waals surface area (Å²) in [4.78, 5) is 23.5. The molecule has 2 N–H and O–H groups in total. The fourth-order valence-electron chi connectivity index (χ4n) is 2.03. The Morgan fingerprint density at radius 1 is 1.25 bits per heavy atom. The average molecular weight is 274 g/mol. The fourth-order valence-corrected chi connectivity index (χ4v) is 2.03. The second-order valence-electron chi connectivity index (χ2n) is 4.71. The lowest BCUT2D eigenvalue weighted by molar-refractivity contribution is 0.0998. The number of hydrogen-bond acceptors (Lipinski definition) is 2. The fraction of sp³-hybridized carbons (Fsp3) is 0.200. The first-order valence-corrected chi connectivity index (χ1v) is 6.15. The molecule has 0 saturated carbocycles. The number of pyridine rings is 1. The Bertz CT molecular complexity index is 718. The number of nitrogens with two attached hydrogens (primary N) is 1. The highest BCUT2D eigenvalue weighted by atomic mass is 19.1. The smallest absolute Gasteiger partial charge is 0.263 e. The van der Waals surface area contributed by atoms with Crippen LogP contribution < -0.4 is 11.3 Å². The van der Waals surface area contributed by atoms with Gasteiger partial charge in [0.15, 0.2) is 0 Å². The van der Waals surface area contributed by atoms with E-state index in [2.05, 4.69) is 0 Å². The Balaban J connectivity index is 2.53. The molecular formula is C15H15FN2O2. The number of nitrogens with zero attached hydrogens (tertiary/aromatic N) is 1. The summed E-state index contributed by atoms with van der Waals surface area (Å²) in [6.45, 7) is 3.88. The number of hydrogen-bond donors (Lipinski definition) is 1. The molecule has 1 aromatic carbocycles. The van der Waals surface area contributed by atoms with Gasteiger partial charge in [0, 0.05) is 5.69 Å². The lowest BCUT2D eigenvalue weighted by atomic mass is 10.1. The standard InChI is InChI=1S/C15H15FN2O2/c1-9-7-13(14(17)19)15(20)18(10(9)2)8-11-3-5-12(16)6-4-11/h3-7H,8H2,1-2H3,(H2,17,19). The second-order valence-corrected chi connectivity index (χ2v) is 4.71. The van der Waals surface area contributed by atoms with E-state index in [-0.39, 0.29) is 17.9 Å². The zero-order valence-corrected chi connectivity index (χ0v) is 11.3. The number of carbonyl (C=O) groups excluding carboxylic acids is 1. The SMILES string of the molecule is Cc1cc(C(N)=O)c(=O)n(Cc2ccc(F)cc2)c1C. The van der Waals surface area contributed by atoms with E-state index in [1.54, 1.807) is 19.1 Å². The number of carbonyl (C=O) groups is 1. The van der Waals surface area contributed by atoms with Gasteiger partial charge in [-0.15, -0.1) is 0 Å². The number of aryl methyl sites for hydroxylation is 1. The first kappa shape index (κ1) is 14.0. The molecule has 1 heterocycles. The largest absolute Gasteiger partial charge is 0.365 e. The van der Waals surface area contributed by atoms with E-state index in [1.807, 2.05) is 6.92 Å². The highest BCUT2D eigenvalue weighted by Gasteiger charge is 2.13. The van der Waals surface area contributed by atoms with Crippen LogP contribution in [-0.4, -0.2) is 10.5 Å². The van der Waals surface area contributed by atoms with Crippen LogP contribution in [-0.2, 0) is 6.54 Å². The molecule has 0 bridgehead atoms. The first-order valence-electron chi connectivity index (χ1n) is 6.15. The van der Waals surface area contributed by atoms with Gasteiger partial charge in [-0.1, -0.05) is 12.1 Å². The van der Waals surface area contributed by atoms with Crippen molar-refractivity contribution in [2.45, 2.75) is 20.4 Å². The van der Waals surface area contributed by atoms with Crippen molar-refractivity contribution in [1.82, 2.24) is 4.57 Å². The van der Waals surface area contributed by atoms with Crippen LogP contribution >= 0.6 is 0 Å². The van der Waals surface area contributed by atoms with Gasteiger partial charge in [0.1, 0.15) is 11.4 Å². The Hall–Kier alpha value is -2.43. The zero-order chi connectivity index (χ0) is 14.9. The van der Waals surface area contributed by atoms with E-state index in [0.717, 1.165) is 16.8 Å². The van der Waals surface area contributed by atoms with Crippen molar-refractivity contribution in [3.8, 4) is 0 Å². The van der Waals surface area contributed by atoms with E-state index in [0.29, 0.717) is 0 Å². The minimum Gasteiger partial charge on any atom is -0.365 e. The molecule has 104 valence electrons. The average Bonchev–Trinajstić information content (AvgIpc) is 2.40. The molecule has 5 heteroatoms. The molecule has 1 aromatic heterocycles. The van der Waals surface area contributed by atoms with Gasteiger partial charge in [-0.2, -0.15) is 0 Å². The van der Waals surface area contributed by atoms with E-state index in [4.69, 9.17) is 5.73 Å². The number of aromatic nitrogens is 1. The molecule has 0 unspecified atom stereocenters. The highest BCUT2D eigenvalue weighted by Crippen LogP contribution is 2.10. The van der Waals surface area contributed by atoms with E-state index < -0.39 is 11.5 Å². The molecular weight excluding hydrogens is 259 g/mol. The first-order chi connectivity index (χ1) is 9.40. The van der Waals surface area contributed by atoms with Crippen LogP contribution in [0.3, 0.4) is 0 Å². The maximum Gasteiger partial charge on any atom is 0.263 e. The van der Waals surface area contributed by atoms with Crippen LogP contribution in [0, 0.1) is 19.7 Å². The van der Waals surface area contributed by atoms with Crippen molar-refractivity contribution in [3.05, 3.63) is 68.9 Å². The molecule has 20 heavy (non-hydrogen) atoms. The minimum atomic E-state index is -0.744. The van der Waals surface area contributed by atoms with Crippen LogP contribution in [0.2, 0.25) is 0 Å². The Kier molecular flexibility index (Phi) is 3.70. The summed E-state index contributed by atoms with van der Waals surface area (Å²) >= 11 is 0. The van der Waals surface area contributed by atoms with Crippen molar-refractivity contribution in [1.29, 1.82) is 0 Å². The van der Waals surface area contributed by atoms with E-state index in [9.17, 15) is 14.0 Å². The zero-order valence-electron chi connectivity index (χ0n) is 11.3. The number of benzene rings is 1. The van der Waals surface area contributed by atoms with Crippen LogP contribution in [0.15, 0.2) is 35.1 Å². The normalized spacial score (nSPS) is 10.6. The maximum absolute atomic E-state index is 12.9. The third-order valence-electron chi connectivity index (χ3n) is 3.33. The van der Waals surface area contributed by atoms with Gasteiger partial charge >= 0.3 is 0 Å². The molecule has 2 rings (SSSR count). The van der Waals surface area contributed by atoms with Gasteiger partial charge < -0.3 is 10.3 Å². The third-order valence-corrected chi connectivity index (χ3v) is 3.33. The Morgan fingerprint density at radius 3 is 2.40 bits per heavy atom. The van der Waals surface area contributed by atoms with E-state index in [1.165, 1.54) is 22.8 Å². The summed E-state index contributed by atoms with van der Waals surface area (Å²) in [7, 11) is 0. The molecule has 0 radical (unpaired) electrons. The molecule has 0 fully saturated rings. The number of rotatable bonds is 3. The van der Waals surface area contributed by atoms with Gasteiger partial charge in [-0.3, -0.25) is 9.59 Å². The molecule has 0 aliphatic carbocycles. The summed E-state index contributed by atoms with van der Waals surface area (Å²) < 4.78 is 14.4. The van der Waals surface area contributed by atoms with Crippen molar-refractivity contribution in [2.24, 2.45) is 5.73 Å². The molecule has 0 aliphatic rings.